The van der Waals surface area contributed by atoms with Crippen molar-refractivity contribution in [3.05, 3.63) is 41.5 Å². The third kappa shape index (κ3) is 3.95. The van der Waals surface area contributed by atoms with Gasteiger partial charge in [0.15, 0.2) is 11.0 Å². The minimum atomic E-state index is -0.645. The second kappa shape index (κ2) is 9.28. The molecule has 1 N–H and O–H groups in total. The number of hydrogen-bond acceptors (Lipinski definition) is 7. The number of pyridine rings is 1. The number of phenolic OH excluding ortho intramolecular Hbond substituents is 1. The highest BCUT2D eigenvalue weighted by atomic mass is 32.2. The van der Waals surface area contributed by atoms with Crippen molar-refractivity contribution in [1.29, 1.82) is 0 Å². The number of anilines is 1. The summed E-state index contributed by atoms with van der Waals surface area (Å²) in [5, 5.41) is 12.5. The molecule has 1 saturated heterocycles. The molecule has 2 bridgehead atoms. The van der Waals surface area contributed by atoms with Crippen LogP contribution in [0.25, 0.3) is 32.9 Å². The lowest BCUT2D eigenvalue weighted by Crippen LogP contribution is -2.37. The number of aromatic nitrogens is 3. The van der Waals surface area contributed by atoms with Crippen molar-refractivity contribution in [2.75, 3.05) is 31.4 Å². The van der Waals surface area contributed by atoms with Gasteiger partial charge in [-0.1, -0.05) is 24.8 Å². The van der Waals surface area contributed by atoms with Crippen LogP contribution < -0.4 is 9.64 Å². The van der Waals surface area contributed by atoms with Crippen LogP contribution in [0, 0.1) is 23.5 Å². The number of benzene rings is 2. The van der Waals surface area contributed by atoms with Gasteiger partial charge in [-0.05, 0) is 78.3 Å². The first kappa shape index (κ1) is 24.2. The monoisotopic (exact) mass is 522 g/mol. The Hall–Kier alpha value is -3.20. The normalized spacial score (nSPS) is 19.2. The molecule has 4 aromatic rings. The number of rotatable bonds is 5. The third-order valence-electron chi connectivity index (χ3n) is 7.76. The van der Waals surface area contributed by atoms with Crippen LogP contribution in [0.5, 0.6) is 11.6 Å². The summed E-state index contributed by atoms with van der Waals surface area (Å²) in [6, 6.07) is 5.92. The van der Waals surface area contributed by atoms with Crippen molar-refractivity contribution in [1.82, 2.24) is 15.0 Å². The smallest absolute Gasteiger partial charge is 0.227 e. The Morgan fingerprint density at radius 2 is 1.84 bits per heavy atom. The minimum absolute atomic E-state index is 0.0408. The summed E-state index contributed by atoms with van der Waals surface area (Å²) in [4.78, 5) is 16.2. The predicted molar refractivity (Wildman–Crippen MR) is 143 cm³/mol. The molecular weight excluding hydrogens is 494 g/mol. The number of methoxy groups -OCH3 is 1. The van der Waals surface area contributed by atoms with Crippen LogP contribution >= 0.6 is 11.8 Å². The number of piperidine rings is 1. The maximum absolute atomic E-state index is 16.5. The van der Waals surface area contributed by atoms with Crippen LogP contribution in [0.15, 0.2) is 29.4 Å². The Kier molecular flexibility index (Phi) is 6.06. The lowest BCUT2D eigenvalue weighted by Gasteiger charge is -2.33. The standard InChI is InChI=1S/C28H28F2N4O2S/c1-4-18-20(29)8-7-16-10-17(35)11-19(21(16)18)24-23(30)25-22(27(31-24)36-2)26(33-28(32-25)37-3)34-12-14-5-6-15(9-14)13-34/h7-8,10-11,14-15,35H,4-6,9,12-13H2,1-3H3. The van der Waals surface area contributed by atoms with E-state index in [-0.39, 0.29) is 28.7 Å². The molecule has 2 aromatic heterocycles. The second-order valence-electron chi connectivity index (χ2n) is 9.96. The number of thioether (sulfide) groups is 1. The van der Waals surface area contributed by atoms with E-state index in [9.17, 15) is 9.50 Å². The molecule has 0 amide bonds. The molecule has 1 saturated carbocycles. The zero-order chi connectivity index (χ0) is 25.8. The molecule has 1 aliphatic carbocycles. The Bertz CT molecular complexity index is 1530. The first-order chi connectivity index (χ1) is 17.9. The molecule has 6 nitrogen and oxygen atoms in total. The van der Waals surface area contributed by atoms with Gasteiger partial charge in [-0.15, -0.1) is 0 Å². The van der Waals surface area contributed by atoms with Gasteiger partial charge in [0, 0.05) is 18.7 Å². The number of aryl methyl sites for hydroxylation is 1. The molecule has 6 rings (SSSR count). The molecule has 1 aliphatic heterocycles. The number of nitrogens with zero attached hydrogens (tertiary/aromatic N) is 4. The summed E-state index contributed by atoms with van der Waals surface area (Å²) in [7, 11) is 1.49. The maximum Gasteiger partial charge on any atom is 0.227 e. The Morgan fingerprint density at radius 1 is 1.08 bits per heavy atom. The van der Waals surface area contributed by atoms with E-state index in [4.69, 9.17) is 9.72 Å². The summed E-state index contributed by atoms with van der Waals surface area (Å²) in [6.07, 6.45) is 5.89. The molecule has 192 valence electrons. The minimum Gasteiger partial charge on any atom is -0.508 e. The van der Waals surface area contributed by atoms with Gasteiger partial charge in [-0.25, -0.2) is 23.7 Å². The van der Waals surface area contributed by atoms with Crippen molar-refractivity contribution >= 4 is 39.3 Å². The number of fused-ring (bicyclic) bond motifs is 4. The van der Waals surface area contributed by atoms with Gasteiger partial charge in [-0.3, -0.25) is 0 Å². The number of hydrogen-bond donors (Lipinski definition) is 1. The fourth-order valence-corrected chi connectivity index (χ4v) is 6.52. The van der Waals surface area contributed by atoms with Crippen LogP contribution in [-0.4, -0.2) is 46.5 Å². The molecule has 3 heterocycles. The van der Waals surface area contributed by atoms with E-state index in [1.165, 1.54) is 50.3 Å². The van der Waals surface area contributed by atoms with Gasteiger partial charge in [0.1, 0.15) is 34.0 Å². The number of ether oxygens (including phenoxy) is 1. The van der Waals surface area contributed by atoms with Gasteiger partial charge in [0.25, 0.3) is 0 Å². The lowest BCUT2D eigenvalue weighted by atomic mass is 9.94. The number of phenols is 1. The third-order valence-corrected chi connectivity index (χ3v) is 8.30. The summed E-state index contributed by atoms with van der Waals surface area (Å²) >= 11 is 1.35. The van der Waals surface area contributed by atoms with Gasteiger partial charge < -0.3 is 14.7 Å². The molecule has 0 radical (unpaired) electrons. The number of aromatic hydroxyl groups is 1. The zero-order valence-electron chi connectivity index (χ0n) is 21.0. The average Bonchev–Trinajstić information content (AvgIpc) is 3.25. The average molecular weight is 523 g/mol. The summed E-state index contributed by atoms with van der Waals surface area (Å²) in [5.41, 5.74) is 0.802. The molecule has 37 heavy (non-hydrogen) atoms. The van der Waals surface area contributed by atoms with E-state index in [1.54, 1.807) is 12.1 Å². The van der Waals surface area contributed by atoms with Gasteiger partial charge in [0.05, 0.1) is 7.11 Å². The lowest BCUT2D eigenvalue weighted by molar-refractivity contribution is 0.400. The quantitative estimate of drug-likeness (QED) is 0.242. The van der Waals surface area contributed by atoms with E-state index >= 15 is 4.39 Å². The molecule has 2 aliphatic rings. The molecule has 2 fully saturated rings. The fourth-order valence-electron chi connectivity index (χ4n) is 6.16. The van der Waals surface area contributed by atoms with Crippen LogP contribution in [0.4, 0.5) is 14.6 Å². The van der Waals surface area contributed by atoms with Crippen LogP contribution in [0.1, 0.15) is 31.7 Å². The molecule has 2 aromatic carbocycles. The van der Waals surface area contributed by atoms with E-state index in [2.05, 4.69) is 14.9 Å². The van der Waals surface area contributed by atoms with Crippen molar-refractivity contribution in [3.63, 3.8) is 0 Å². The largest absolute Gasteiger partial charge is 0.508 e. The molecule has 9 heteroatoms. The van der Waals surface area contributed by atoms with E-state index in [1.807, 2.05) is 13.2 Å². The first-order valence-electron chi connectivity index (χ1n) is 12.6. The Labute approximate surface area is 218 Å². The van der Waals surface area contributed by atoms with E-state index in [0.29, 0.717) is 56.5 Å². The van der Waals surface area contributed by atoms with Gasteiger partial charge in [-0.2, -0.15) is 0 Å². The molecule has 0 spiro atoms. The van der Waals surface area contributed by atoms with Crippen LogP contribution in [0.2, 0.25) is 0 Å². The highest BCUT2D eigenvalue weighted by Gasteiger charge is 2.35. The predicted octanol–water partition coefficient (Wildman–Crippen LogP) is 6.36. The van der Waals surface area contributed by atoms with Crippen molar-refractivity contribution < 1.29 is 18.6 Å². The maximum atomic E-state index is 16.5. The SMILES string of the molecule is CCc1c(F)ccc2cc(O)cc(-c3nc(OC)c4c(N5CC6CCC(C6)C5)nc(SC)nc4c3F)c12. The number of halogens is 2. The van der Waals surface area contributed by atoms with Gasteiger partial charge >= 0.3 is 0 Å². The Morgan fingerprint density at radius 3 is 2.51 bits per heavy atom. The fraction of sp³-hybridized carbons (Fsp3) is 0.393. The zero-order valence-corrected chi connectivity index (χ0v) is 21.8. The molecular formula is C28H28F2N4O2S. The van der Waals surface area contributed by atoms with Crippen molar-refractivity contribution in [2.45, 2.75) is 37.8 Å². The molecule has 2 atom stereocenters. The summed E-state index contributed by atoms with van der Waals surface area (Å²) < 4.78 is 37.0. The van der Waals surface area contributed by atoms with Crippen LogP contribution in [0.3, 0.4) is 0 Å². The second-order valence-corrected chi connectivity index (χ2v) is 10.7. The highest BCUT2D eigenvalue weighted by Crippen LogP contribution is 2.44. The Balaban J connectivity index is 1.65. The van der Waals surface area contributed by atoms with Crippen molar-refractivity contribution in [2.24, 2.45) is 11.8 Å². The topological polar surface area (TPSA) is 71.4 Å². The van der Waals surface area contributed by atoms with Crippen molar-refractivity contribution in [3.8, 4) is 22.9 Å². The first-order valence-corrected chi connectivity index (χ1v) is 13.8. The van der Waals surface area contributed by atoms with Gasteiger partial charge in [0.2, 0.25) is 5.88 Å². The van der Waals surface area contributed by atoms with E-state index in [0.717, 1.165) is 13.1 Å². The highest BCUT2D eigenvalue weighted by molar-refractivity contribution is 7.98. The van der Waals surface area contributed by atoms with Crippen LogP contribution in [-0.2, 0) is 6.42 Å². The summed E-state index contributed by atoms with van der Waals surface area (Å²) in [6.45, 7) is 3.56. The van der Waals surface area contributed by atoms with E-state index < -0.39 is 5.82 Å². The summed E-state index contributed by atoms with van der Waals surface area (Å²) in [5.74, 6) is 0.960. The molecule has 2 unspecified atom stereocenters.